The van der Waals surface area contributed by atoms with Crippen molar-refractivity contribution in [3.63, 3.8) is 0 Å². The Bertz CT molecular complexity index is 683. The molecular formula is C10H10N4O4S2. The number of nitrogens with zero attached hydrogens (tertiary/aromatic N) is 2. The highest BCUT2D eigenvalue weighted by molar-refractivity contribution is 7.93. The van der Waals surface area contributed by atoms with Crippen molar-refractivity contribution in [2.75, 3.05) is 17.1 Å². The molecule has 0 aliphatic carbocycles. The molecular weight excluding hydrogens is 304 g/mol. The van der Waals surface area contributed by atoms with Crippen LogP contribution in [-0.4, -0.2) is 31.8 Å². The molecule has 0 aliphatic rings. The highest BCUT2D eigenvalue weighted by Crippen LogP contribution is 2.18. The van der Waals surface area contributed by atoms with E-state index in [2.05, 4.69) is 25.0 Å². The highest BCUT2D eigenvalue weighted by Gasteiger charge is 2.15. The molecule has 2 aromatic rings. The maximum atomic E-state index is 12.0. The fraction of sp³-hybridized carbons (Fsp3) is 0.100. The standard InChI is InChI=1S/C10H10N4O4S2/c1-18-10(15)12-7-2-4-8(5-3-7)20(16,17)14-9-13-11-6-19-9/h2-6H,1H3,(H,12,15)(H,13,14). The van der Waals surface area contributed by atoms with E-state index < -0.39 is 16.1 Å². The van der Waals surface area contributed by atoms with Crippen LogP contribution in [0.2, 0.25) is 0 Å². The number of rotatable bonds is 4. The number of ether oxygens (including phenoxy) is 1. The number of hydrogen-bond acceptors (Lipinski definition) is 7. The van der Waals surface area contributed by atoms with Crippen LogP contribution in [0, 0.1) is 0 Å². The second-order valence-corrected chi connectivity index (χ2v) is 6.01. The lowest BCUT2D eigenvalue weighted by molar-refractivity contribution is 0.187. The first-order chi connectivity index (χ1) is 9.51. The van der Waals surface area contributed by atoms with E-state index in [9.17, 15) is 13.2 Å². The smallest absolute Gasteiger partial charge is 0.411 e. The lowest BCUT2D eigenvalue weighted by Gasteiger charge is -2.06. The quantitative estimate of drug-likeness (QED) is 0.885. The first-order valence-electron chi connectivity index (χ1n) is 5.25. The van der Waals surface area contributed by atoms with Gasteiger partial charge in [-0.05, 0) is 24.3 Å². The van der Waals surface area contributed by atoms with Crippen molar-refractivity contribution in [2.45, 2.75) is 4.90 Å². The van der Waals surface area contributed by atoms with Crippen molar-refractivity contribution in [3.05, 3.63) is 29.8 Å². The number of benzene rings is 1. The van der Waals surface area contributed by atoms with Gasteiger partial charge in [-0.3, -0.25) is 10.0 Å². The van der Waals surface area contributed by atoms with Crippen LogP contribution in [-0.2, 0) is 14.8 Å². The van der Waals surface area contributed by atoms with Crippen LogP contribution in [0.3, 0.4) is 0 Å². The van der Waals surface area contributed by atoms with Crippen LogP contribution in [0.25, 0.3) is 0 Å². The minimum absolute atomic E-state index is 0.0446. The lowest BCUT2D eigenvalue weighted by Crippen LogP contribution is -2.14. The summed E-state index contributed by atoms with van der Waals surface area (Å²) >= 11 is 1.07. The molecule has 1 amide bonds. The van der Waals surface area contributed by atoms with E-state index in [1.54, 1.807) is 0 Å². The average molecular weight is 314 g/mol. The van der Waals surface area contributed by atoms with Gasteiger partial charge in [-0.1, -0.05) is 11.3 Å². The Morgan fingerprint density at radius 2 is 2.00 bits per heavy atom. The van der Waals surface area contributed by atoms with Crippen molar-refractivity contribution < 1.29 is 17.9 Å². The molecule has 20 heavy (non-hydrogen) atoms. The lowest BCUT2D eigenvalue weighted by atomic mass is 10.3. The summed E-state index contributed by atoms with van der Waals surface area (Å²) < 4.78 is 30.7. The number of aromatic nitrogens is 2. The maximum absolute atomic E-state index is 12.0. The normalized spacial score (nSPS) is 10.8. The molecule has 106 valence electrons. The van der Waals surface area contributed by atoms with E-state index in [1.807, 2.05) is 0 Å². The van der Waals surface area contributed by atoms with E-state index in [0.717, 1.165) is 11.3 Å². The van der Waals surface area contributed by atoms with Gasteiger partial charge in [-0.25, -0.2) is 13.2 Å². The average Bonchev–Trinajstić information content (AvgIpc) is 2.91. The topological polar surface area (TPSA) is 110 Å². The molecule has 1 aromatic heterocycles. The molecule has 0 unspecified atom stereocenters. The zero-order chi connectivity index (χ0) is 14.6. The van der Waals surface area contributed by atoms with E-state index in [4.69, 9.17) is 0 Å². The summed E-state index contributed by atoms with van der Waals surface area (Å²) in [5, 5.41) is 9.74. The number of nitrogens with one attached hydrogen (secondary N) is 2. The van der Waals surface area contributed by atoms with Crippen LogP contribution in [0.4, 0.5) is 15.6 Å². The van der Waals surface area contributed by atoms with Gasteiger partial charge in [0.1, 0.15) is 5.51 Å². The number of anilines is 2. The van der Waals surface area contributed by atoms with E-state index >= 15 is 0 Å². The van der Waals surface area contributed by atoms with Crippen LogP contribution >= 0.6 is 11.3 Å². The Balaban J connectivity index is 2.14. The van der Waals surface area contributed by atoms with Gasteiger partial charge in [0.15, 0.2) is 0 Å². The van der Waals surface area contributed by atoms with Crippen molar-refractivity contribution in [1.29, 1.82) is 0 Å². The molecule has 2 rings (SSSR count). The van der Waals surface area contributed by atoms with Crippen molar-refractivity contribution >= 4 is 38.3 Å². The third kappa shape index (κ3) is 3.42. The van der Waals surface area contributed by atoms with Gasteiger partial charge in [-0.2, -0.15) is 0 Å². The third-order valence-electron chi connectivity index (χ3n) is 2.18. The molecule has 0 atom stereocenters. The molecule has 0 radical (unpaired) electrons. The SMILES string of the molecule is COC(=O)Nc1ccc(S(=O)(=O)Nc2nncs2)cc1. The number of carbonyl (C=O) groups excluding carboxylic acids is 1. The summed E-state index contributed by atoms with van der Waals surface area (Å²) in [4.78, 5) is 11.0. The zero-order valence-corrected chi connectivity index (χ0v) is 11.9. The fourth-order valence-corrected chi connectivity index (χ4v) is 2.97. The van der Waals surface area contributed by atoms with Gasteiger partial charge in [0.05, 0.1) is 12.0 Å². The number of amides is 1. The van der Waals surface area contributed by atoms with E-state index in [-0.39, 0.29) is 10.0 Å². The summed E-state index contributed by atoms with van der Waals surface area (Å²) in [6.45, 7) is 0. The highest BCUT2D eigenvalue weighted by atomic mass is 32.2. The Hall–Kier alpha value is -2.20. The third-order valence-corrected chi connectivity index (χ3v) is 4.27. The summed E-state index contributed by atoms with van der Waals surface area (Å²) in [6.07, 6.45) is -0.632. The van der Waals surface area contributed by atoms with Crippen LogP contribution < -0.4 is 10.0 Å². The zero-order valence-electron chi connectivity index (χ0n) is 10.2. The first-order valence-corrected chi connectivity index (χ1v) is 7.61. The molecule has 8 nitrogen and oxygen atoms in total. The molecule has 0 spiro atoms. The minimum Gasteiger partial charge on any atom is -0.453 e. The number of methoxy groups -OCH3 is 1. The number of carbonyl (C=O) groups is 1. The summed E-state index contributed by atoms with van der Waals surface area (Å²) in [5.41, 5.74) is 1.84. The van der Waals surface area contributed by atoms with Crippen LogP contribution in [0.1, 0.15) is 0 Å². The van der Waals surface area contributed by atoms with Gasteiger partial charge in [0.2, 0.25) is 5.13 Å². The second kappa shape index (κ2) is 5.84. The first kappa shape index (κ1) is 14.2. The van der Waals surface area contributed by atoms with E-state index in [1.165, 1.54) is 36.9 Å². The van der Waals surface area contributed by atoms with Crippen LogP contribution in [0.15, 0.2) is 34.7 Å². The molecule has 0 bridgehead atoms. The Kier molecular flexibility index (Phi) is 4.15. The molecule has 1 heterocycles. The Morgan fingerprint density at radius 1 is 1.30 bits per heavy atom. The van der Waals surface area contributed by atoms with Crippen molar-refractivity contribution in [1.82, 2.24) is 10.2 Å². The molecule has 0 fully saturated rings. The second-order valence-electron chi connectivity index (χ2n) is 3.49. The maximum Gasteiger partial charge on any atom is 0.411 e. The molecule has 0 saturated heterocycles. The number of sulfonamides is 1. The molecule has 1 aromatic carbocycles. The molecule has 10 heteroatoms. The summed E-state index contributed by atoms with van der Waals surface area (Å²) in [6, 6.07) is 5.61. The van der Waals surface area contributed by atoms with Gasteiger partial charge >= 0.3 is 6.09 Å². The van der Waals surface area contributed by atoms with E-state index in [0.29, 0.717) is 5.69 Å². The number of hydrogen-bond donors (Lipinski definition) is 2. The van der Waals surface area contributed by atoms with Gasteiger partial charge in [0, 0.05) is 5.69 Å². The summed E-state index contributed by atoms with van der Waals surface area (Å²) in [7, 11) is -2.48. The largest absolute Gasteiger partial charge is 0.453 e. The molecule has 0 saturated carbocycles. The summed E-state index contributed by atoms with van der Waals surface area (Å²) in [5.74, 6) is 0. The van der Waals surface area contributed by atoms with Gasteiger partial charge in [-0.15, -0.1) is 10.2 Å². The Morgan fingerprint density at radius 3 is 2.55 bits per heavy atom. The predicted molar refractivity (Wildman–Crippen MR) is 73.2 cm³/mol. The molecule has 2 N–H and O–H groups in total. The molecule has 0 aliphatic heterocycles. The van der Waals surface area contributed by atoms with Crippen molar-refractivity contribution in [2.24, 2.45) is 0 Å². The Labute approximate surface area is 118 Å². The monoisotopic (exact) mass is 314 g/mol. The predicted octanol–water partition coefficient (Wildman–Crippen LogP) is 1.52. The van der Waals surface area contributed by atoms with Gasteiger partial charge in [0.25, 0.3) is 10.0 Å². The van der Waals surface area contributed by atoms with Crippen LogP contribution in [0.5, 0.6) is 0 Å². The van der Waals surface area contributed by atoms with Gasteiger partial charge < -0.3 is 4.74 Å². The van der Waals surface area contributed by atoms with Crippen molar-refractivity contribution in [3.8, 4) is 0 Å². The fourth-order valence-electron chi connectivity index (χ4n) is 1.28. The minimum atomic E-state index is -3.72.